The summed E-state index contributed by atoms with van der Waals surface area (Å²) < 4.78 is 0. The molecule has 0 amide bonds. The Morgan fingerprint density at radius 1 is 1.50 bits per heavy atom. The number of carbonyl (C=O) groups is 1. The van der Waals surface area contributed by atoms with Gasteiger partial charge in [-0.15, -0.1) is 0 Å². The Kier molecular flexibility index (Phi) is 3.25. The average Bonchev–Trinajstić information content (AvgIpc) is 2.23. The van der Waals surface area contributed by atoms with Crippen LogP contribution in [-0.2, 0) is 11.2 Å². The van der Waals surface area contributed by atoms with Crippen molar-refractivity contribution in [3.05, 3.63) is 35.4 Å². The zero-order chi connectivity index (χ0) is 11.5. The third kappa shape index (κ3) is 2.42. The molecule has 1 aromatic carbocycles. The molecule has 0 spiro atoms. The van der Waals surface area contributed by atoms with Crippen molar-refractivity contribution in [1.29, 1.82) is 0 Å². The SMILES string of the molecule is CN(CCC(=O)O)CC1Cc2ccccc21. The minimum absolute atomic E-state index is 0.227. The second-order valence-electron chi connectivity index (χ2n) is 4.51. The molecule has 1 atom stereocenters. The lowest BCUT2D eigenvalue weighted by Gasteiger charge is -2.33. The highest BCUT2D eigenvalue weighted by atomic mass is 16.4. The maximum atomic E-state index is 10.4. The molecule has 3 heteroatoms. The van der Waals surface area contributed by atoms with Crippen LogP contribution in [0.2, 0.25) is 0 Å². The number of fused-ring (bicyclic) bond motifs is 1. The van der Waals surface area contributed by atoms with Crippen LogP contribution in [-0.4, -0.2) is 36.1 Å². The smallest absolute Gasteiger partial charge is 0.304 e. The van der Waals surface area contributed by atoms with Crippen LogP contribution in [0.25, 0.3) is 0 Å². The van der Waals surface area contributed by atoms with Crippen LogP contribution in [0, 0.1) is 0 Å². The van der Waals surface area contributed by atoms with Crippen LogP contribution in [0.3, 0.4) is 0 Å². The zero-order valence-corrected chi connectivity index (χ0v) is 9.52. The van der Waals surface area contributed by atoms with Crippen LogP contribution in [0.15, 0.2) is 24.3 Å². The first kappa shape index (κ1) is 11.1. The summed E-state index contributed by atoms with van der Waals surface area (Å²) >= 11 is 0. The van der Waals surface area contributed by atoms with Crippen molar-refractivity contribution >= 4 is 5.97 Å². The van der Waals surface area contributed by atoms with Crippen molar-refractivity contribution in [2.75, 3.05) is 20.1 Å². The van der Waals surface area contributed by atoms with E-state index in [9.17, 15) is 4.79 Å². The summed E-state index contributed by atoms with van der Waals surface area (Å²) in [5.41, 5.74) is 2.88. The van der Waals surface area contributed by atoms with E-state index >= 15 is 0 Å². The molecule has 0 saturated carbocycles. The molecule has 1 N–H and O–H groups in total. The van der Waals surface area contributed by atoms with E-state index in [1.807, 2.05) is 7.05 Å². The number of hydrogen-bond acceptors (Lipinski definition) is 2. The summed E-state index contributed by atoms with van der Waals surface area (Å²) in [5.74, 6) is -0.129. The molecular formula is C13H17NO2. The first-order valence-corrected chi connectivity index (χ1v) is 5.65. The Balaban J connectivity index is 1.82. The molecule has 1 aliphatic rings. The standard InChI is InChI=1S/C13H17NO2/c1-14(7-6-13(15)16)9-11-8-10-4-2-3-5-12(10)11/h2-5,11H,6-9H2,1H3,(H,15,16). The van der Waals surface area contributed by atoms with E-state index in [0.717, 1.165) is 13.0 Å². The predicted octanol–water partition coefficient (Wildman–Crippen LogP) is 1.73. The Morgan fingerprint density at radius 3 is 2.94 bits per heavy atom. The molecule has 0 bridgehead atoms. The van der Waals surface area contributed by atoms with Gasteiger partial charge in [0.2, 0.25) is 0 Å². The maximum absolute atomic E-state index is 10.4. The van der Waals surface area contributed by atoms with Crippen molar-refractivity contribution in [3.63, 3.8) is 0 Å². The number of likely N-dealkylation sites (N-methyl/N-ethyl adjacent to an activating group) is 1. The molecule has 0 saturated heterocycles. The van der Waals surface area contributed by atoms with E-state index in [-0.39, 0.29) is 6.42 Å². The molecule has 86 valence electrons. The lowest BCUT2D eigenvalue weighted by Crippen LogP contribution is -2.32. The van der Waals surface area contributed by atoms with Gasteiger partial charge in [0.05, 0.1) is 6.42 Å². The average molecular weight is 219 g/mol. The normalized spacial score (nSPS) is 18.0. The maximum Gasteiger partial charge on any atom is 0.304 e. The number of benzene rings is 1. The number of hydrogen-bond donors (Lipinski definition) is 1. The molecule has 1 aromatic rings. The van der Waals surface area contributed by atoms with Crippen molar-refractivity contribution in [2.45, 2.75) is 18.8 Å². The van der Waals surface area contributed by atoms with Gasteiger partial charge in [0.25, 0.3) is 0 Å². The van der Waals surface area contributed by atoms with E-state index in [1.165, 1.54) is 11.1 Å². The molecule has 16 heavy (non-hydrogen) atoms. The van der Waals surface area contributed by atoms with Crippen LogP contribution in [0.1, 0.15) is 23.5 Å². The van der Waals surface area contributed by atoms with Crippen LogP contribution >= 0.6 is 0 Å². The molecule has 0 heterocycles. The second kappa shape index (κ2) is 4.66. The molecule has 1 unspecified atom stereocenters. The molecule has 0 aromatic heterocycles. The highest BCUT2D eigenvalue weighted by Crippen LogP contribution is 2.34. The van der Waals surface area contributed by atoms with Gasteiger partial charge in [-0.3, -0.25) is 4.79 Å². The van der Waals surface area contributed by atoms with E-state index in [4.69, 9.17) is 5.11 Å². The number of rotatable bonds is 5. The van der Waals surface area contributed by atoms with Gasteiger partial charge >= 0.3 is 5.97 Å². The van der Waals surface area contributed by atoms with Gasteiger partial charge < -0.3 is 10.0 Å². The Bertz CT molecular complexity index is 389. The van der Waals surface area contributed by atoms with E-state index in [1.54, 1.807) is 0 Å². The van der Waals surface area contributed by atoms with Gasteiger partial charge in [-0.25, -0.2) is 0 Å². The summed E-state index contributed by atoms with van der Waals surface area (Å²) in [6, 6.07) is 8.49. The highest BCUT2D eigenvalue weighted by molar-refractivity contribution is 5.66. The molecule has 3 nitrogen and oxygen atoms in total. The Morgan fingerprint density at radius 2 is 2.25 bits per heavy atom. The summed E-state index contributed by atoms with van der Waals surface area (Å²) in [7, 11) is 1.99. The van der Waals surface area contributed by atoms with Crippen LogP contribution < -0.4 is 0 Å². The fourth-order valence-electron chi connectivity index (χ4n) is 2.28. The van der Waals surface area contributed by atoms with Crippen molar-refractivity contribution in [2.24, 2.45) is 0 Å². The van der Waals surface area contributed by atoms with E-state index in [0.29, 0.717) is 12.5 Å². The minimum Gasteiger partial charge on any atom is -0.481 e. The number of aliphatic carboxylic acids is 1. The Hall–Kier alpha value is -1.35. The zero-order valence-electron chi connectivity index (χ0n) is 9.52. The predicted molar refractivity (Wildman–Crippen MR) is 62.6 cm³/mol. The van der Waals surface area contributed by atoms with Crippen molar-refractivity contribution < 1.29 is 9.90 Å². The summed E-state index contributed by atoms with van der Waals surface area (Å²) in [6.07, 6.45) is 1.36. The third-order valence-corrected chi connectivity index (χ3v) is 3.20. The quantitative estimate of drug-likeness (QED) is 0.820. The largest absolute Gasteiger partial charge is 0.481 e. The summed E-state index contributed by atoms with van der Waals surface area (Å²) in [5, 5.41) is 8.60. The summed E-state index contributed by atoms with van der Waals surface area (Å²) in [6.45, 7) is 1.60. The van der Waals surface area contributed by atoms with Crippen molar-refractivity contribution in [1.82, 2.24) is 4.90 Å². The van der Waals surface area contributed by atoms with Crippen molar-refractivity contribution in [3.8, 4) is 0 Å². The third-order valence-electron chi connectivity index (χ3n) is 3.20. The monoisotopic (exact) mass is 219 g/mol. The van der Waals surface area contributed by atoms with Gasteiger partial charge in [-0.05, 0) is 24.6 Å². The van der Waals surface area contributed by atoms with E-state index < -0.39 is 5.97 Å². The first-order valence-electron chi connectivity index (χ1n) is 5.65. The van der Waals surface area contributed by atoms with Gasteiger partial charge in [0, 0.05) is 19.0 Å². The second-order valence-corrected chi connectivity index (χ2v) is 4.51. The minimum atomic E-state index is -0.721. The van der Waals surface area contributed by atoms with Gasteiger partial charge in [-0.2, -0.15) is 0 Å². The molecule has 0 aliphatic heterocycles. The van der Waals surface area contributed by atoms with Crippen LogP contribution in [0.4, 0.5) is 0 Å². The van der Waals surface area contributed by atoms with Gasteiger partial charge in [0.1, 0.15) is 0 Å². The topological polar surface area (TPSA) is 40.5 Å². The van der Waals surface area contributed by atoms with Gasteiger partial charge in [-0.1, -0.05) is 24.3 Å². The molecule has 2 rings (SSSR count). The molecular weight excluding hydrogens is 202 g/mol. The van der Waals surface area contributed by atoms with E-state index in [2.05, 4.69) is 29.2 Å². The Labute approximate surface area is 95.7 Å². The molecule has 0 radical (unpaired) electrons. The lowest BCUT2D eigenvalue weighted by atomic mass is 9.77. The summed E-state index contributed by atoms with van der Waals surface area (Å²) in [4.78, 5) is 12.6. The number of carboxylic acids is 1. The number of nitrogens with zero attached hydrogens (tertiary/aromatic N) is 1. The highest BCUT2D eigenvalue weighted by Gasteiger charge is 2.26. The van der Waals surface area contributed by atoms with Crippen LogP contribution in [0.5, 0.6) is 0 Å². The molecule has 0 fully saturated rings. The number of carboxylic acid groups (broad SMARTS) is 1. The fourth-order valence-corrected chi connectivity index (χ4v) is 2.28. The first-order chi connectivity index (χ1) is 7.66. The lowest BCUT2D eigenvalue weighted by molar-refractivity contribution is -0.137. The molecule has 1 aliphatic carbocycles. The fraction of sp³-hybridized carbons (Fsp3) is 0.462. The van der Waals surface area contributed by atoms with Gasteiger partial charge in [0.15, 0.2) is 0 Å².